The highest BCUT2D eigenvalue weighted by Crippen LogP contribution is 2.35. The summed E-state index contributed by atoms with van der Waals surface area (Å²) in [5.74, 6) is 1.41. The molecule has 1 aromatic heterocycles. The molecule has 1 aromatic carbocycles. The van der Waals surface area contributed by atoms with E-state index in [0.29, 0.717) is 12.0 Å². The Balaban J connectivity index is 1.55. The van der Waals surface area contributed by atoms with Gasteiger partial charge in [-0.3, -0.25) is 0 Å². The standard InChI is InChI=1S/C20H24BrN3/c1-13-20(16-8-9-18(10-16)22-12-15-6-7-15)14(2)24(23-13)19-5-3-4-17(21)11-19/h3-5,8-9,11,15-16,18,22H,6-7,10,12H2,1-2H3/t16-,18+/m0/s1. The van der Waals surface area contributed by atoms with Crippen molar-refractivity contribution in [3.05, 3.63) is 57.8 Å². The van der Waals surface area contributed by atoms with Crippen LogP contribution in [0.2, 0.25) is 0 Å². The molecule has 0 aliphatic heterocycles. The monoisotopic (exact) mass is 385 g/mol. The molecule has 4 rings (SSSR count). The largest absolute Gasteiger partial charge is 0.310 e. The molecular formula is C20H24BrN3. The van der Waals surface area contributed by atoms with Crippen LogP contribution in [0.15, 0.2) is 40.9 Å². The van der Waals surface area contributed by atoms with Gasteiger partial charge in [0.15, 0.2) is 0 Å². The van der Waals surface area contributed by atoms with Gasteiger partial charge in [-0.2, -0.15) is 5.10 Å². The minimum Gasteiger partial charge on any atom is -0.310 e. The number of nitrogens with one attached hydrogen (secondary N) is 1. The van der Waals surface area contributed by atoms with Crippen LogP contribution in [0, 0.1) is 19.8 Å². The zero-order valence-corrected chi connectivity index (χ0v) is 15.9. The zero-order valence-electron chi connectivity index (χ0n) is 14.3. The Labute approximate surface area is 152 Å². The van der Waals surface area contributed by atoms with Crippen LogP contribution in [-0.4, -0.2) is 22.4 Å². The van der Waals surface area contributed by atoms with E-state index in [9.17, 15) is 0 Å². The first-order chi connectivity index (χ1) is 11.6. The van der Waals surface area contributed by atoms with E-state index in [-0.39, 0.29) is 0 Å². The molecule has 0 unspecified atom stereocenters. The van der Waals surface area contributed by atoms with Crippen molar-refractivity contribution in [3.8, 4) is 5.69 Å². The number of benzene rings is 1. The maximum Gasteiger partial charge on any atom is 0.0660 e. The van der Waals surface area contributed by atoms with Gasteiger partial charge in [0.1, 0.15) is 0 Å². The smallest absolute Gasteiger partial charge is 0.0660 e. The summed E-state index contributed by atoms with van der Waals surface area (Å²) in [5.41, 5.74) is 4.90. The van der Waals surface area contributed by atoms with Gasteiger partial charge in [0.2, 0.25) is 0 Å². The van der Waals surface area contributed by atoms with Gasteiger partial charge in [-0.25, -0.2) is 4.68 Å². The molecule has 0 radical (unpaired) electrons. The number of allylic oxidation sites excluding steroid dienone is 1. The van der Waals surface area contributed by atoms with Crippen LogP contribution < -0.4 is 5.32 Å². The fourth-order valence-corrected chi connectivity index (χ4v) is 4.14. The lowest BCUT2D eigenvalue weighted by Gasteiger charge is -2.14. The molecule has 2 aliphatic rings. The minimum atomic E-state index is 0.475. The highest BCUT2D eigenvalue weighted by atomic mass is 79.9. The number of rotatable bonds is 5. The Kier molecular flexibility index (Phi) is 4.35. The quantitative estimate of drug-likeness (QED) is 0.758. The van der Waals surface area contributed by atoms with Gasteiger partial charge in [-0.15, -0.1) is 0 Å². The first kappa shape index (κ1) is 16.1. The van der Waals surface area contributed by atoms with Crippen LogP contribution in [0.1, 0.15) is 42.1 Å². The molecule has 0 spiro atoms. The van der Waals surface area contributed by atoms with Crippen molar-refractivity contribution in [1.29, 1.82) is 0 Å². The van der Waals surface area contributed by atoms with Crippen molar-refractivity contribution in [2.24, 2.45) is 5.92 Å². The predicted octanol–water partition coefficient (Wildman–Crippen LogP) is 4.66. The molecule has 4 heteroatoms. The average molecular weight is 386 g/mol. The van der Waals surface area contributed by atoms with E-state index in [1.807, 2.05) is 6.07 Å². The summed E-state index contributed by atoms with van der Waals surface area (Å²) < 4.78 is 3.16. The fourth-order valence-electron chi connectivity index (χ4n) is 3.76. The second-order valence-electron chi connectivity index (χ2n) is 7.16. The van der Waals surface area contributed by atoms with Crippen molar-refractivity contribution in [1.82, 2.24) is 15.1 Å². The van der Waals surface area contributed by atoms with Crippen molar-refractivity contribution in [2.75, 3.05) is 6.54 Å². The van der Waals surface area contributed by atoms with Gasteiger partial charge < -0.3 is 5.32 Å². The van der Waals surface area contributed by atoms with Crippen molar-refractivity contribution < 1.29 is 0 Å². The summed E-state index contributed by atoms with van der Waals surface area (Å²) >= 11 is 3.56. The molecule has 0 bridgehead atoms. The molecule has 3 nitrogen and oxygen atoms in total. The Hall–Kier alpha value is -1.39. The van der Waals surface area contributed by atoms with E-state index in [0.717, 1.165) is 28.2 Å². The summed E-state index contributed by atoms with van der Waals surface area (Å²) in [7, 11) is 0. The number of aromatic nitrogens is 2. The van der Waals surface area contributed by atoms with Gasteiger partial charge in [-0.05, 0) is 63.8 Å². The Morgan fingerprint density at radius 3 is 2.83 bits per heavy atom. The topological polar surface area (TPSA) is 29.9 Å². The van der Waals surface area contributed by atoms with Crippen molar-refractivity contribution in [3.63, 3.8) is 0 Å². The third kappa shape index (κ3) is 3.22. The summed E-state index contributed by atoms with van der Waals surface area (Å²) in [6, 6.07) is 8.85. The molecule has 126 valence electrons. The molecule has 0 saturated heterocycles. The molecule has 24 heavy (non-hydrogen) atoms. The second kappa shape index (κ2) is 6.49. The first-order valence-corrected chi connectivity index (χ1v) is 9.65. The maximum absolute atomic E-state index is 4.82. The fraction of sp³-hybridized carbons (Fsp3) is 0.450. The molecule has 2 aliphatic carbocycles. The zero-order chi connectivity index (χ0) is 16.7. The van der Waals surface area contributed by atoms with Gasteiger partial charge in [0.05, 0.1) is 11.4 Å². The van der Waals surface area contributed by atoms with Crippen LogP contribution in [0.4, 0.5) is 0 Å². The molecule has 0 amide bonds. The van der Waals surface area contributed by atoms with Crippen LogP contribution in [-0.2, 0) is 0 Å². The first-order valence-electron chi connectivity index (χ1n) is 8.85. The van der Waals surface area contributed by atoms with Crippen LogP contribution in [0.3, 0.4) is 0 Å². The highest BCUT2D eigenvalue weighted by Gasteiger charge is 2.28. The Morgan fingerprint density at radius 2 is 2.08 bits per heavy atom. The molecule has 1 heterocycles. The molecular weight excluding hydrogens is 362 g/mol. The van der Waals surface area contributed by atoms with E-state index in [2.05, 4.69) is 70.1 Å². The molecule has 1 N–H and O–H groups in total. The maximum atomic E-state index is 4.82. The number of halogens is 1. The number of hydrogen-bond acceptors (Lipinski definition) is 2. The number of hydrogen-bond donors (Lipinski definition) is 1. The minimum absolute atomic E-state index is 0.475. The van der Waals surface area contributed by atoms with E-state index < -0.39 is 0 Å². The lowest BCUT2D eigenvalue weighted by molar-refractivity contribution is 0.539. The molecule has 2 atom stereocenters. The average Bonchev–Trinajstić information content (AvgIpc) is 3.20. The lowest BCUT2D eigenvalue weighted by Crippen LogP contribution is -2.28. The SMILES string of the molecule is Cc1nn(-c2cccc(Br)c2)c(C)c1[C@H]1C=C[C@@H](NCC2CC2)C1. The second-order valence-corrected chi connectivity index (χ2v) is 8.08. The van der Waals surface area contributed by atoms with Gasteiger partial charge in [0, 0.05) is 27.7 Å². The highest BCUT2D eigenvalue weighted by molar-refractivity contribution is 9.10. The summed E-state index contributed by atoms with van der Waals surface area (Å²) in [6.45, 7) is 5.50. The molecule has 2 aromatic rings. The summed E-state index contributed by atoms with van der Waals surface area (Å²) in [4.78, 5) is 0. The number of nitrogens with zero attached hydrogens (tertiary/aromatic N) is 2. The van der Waals surface area contributed by atoms with E-state index in [1.165, 1.54) is 30.6 Å². The summed E-state index contributed by atoms with van der Waals surface area (Å²) in [5, 5.41) is 8.52. The predicted molar refractivity (Wildman–Crippen MR) is 102 cm³/mol. The third-order valence-electron chi connectivity index (χ3n) is 5.22. The molecule has 1 fully saturated rings. The van der Waals surface area contributed by atoms with E-state index in [4.69, 9.17) is 5.10 Å². The third-order valence-corrected chi connectivity index (χ3v) is 5.71. The van der Waals surface area contributed by atoms with Crippen molar-refractivity contribution in [2.45, 2.75) is 45.1 Å². The van der Waals surface area contributed by atoms with E-state index >= 15 is 0 Å². The van der Waals surface area contributed by atoms with E-state index in [1.54, 1.807) is 0 Å². The van der Waals surface area contributed by atoms with Gasteiger partial charge in [0.25, 0.3) is 0 Å². The van der Waals surface area contributed by atoms with Crippen LogP contribution in [0.25, 0.3) is 5.69 Å². The Bertz CT molecular complexity index is 773. The van der Waals surface area contributed by atoms with Crippen LogP contribution >= 0.6 is 15.9 Å². The van der Waals surface area contributed by atoms with Gasteiger partial charge >= 0.3 is 0 Å². The molecule has 1 saturated carbocycles. The van der Waals surface area contributed by atoms with Crippen LogP contribution in [0.5, 0.6) is 0 Å². The Morgan fingerprint density at radius 1 is 1.25 bits per heavy atom. The number of aryl methyl sites for hydroxylation is 1. The lowest BCUT2D eigenvalue weighted by atomic mass is 9.96. The summed E-state index contributed by atoms with van der Waals surface area (Å²) in [6.07, 6.45) is 8.68. The normalized spacial score (nSPS) is 23.1. The van der Waals surface area contributed by atoms with Gasteiger partial charge in [-0.1, -0.05) is 34.1 Å². The van der Waals surface area contributed by atoms with Crippen molar-refractivity contribution >= 4 is 15.9 Å².